The minimum atomic E-state index is -0.106. The fraction of sp³-hybridized carbons (Fsp3) is 0.500. The van der Waals surface area contributed by atoms with Crippen molar-refractivity contribution in [2.75, 3.05) is 12.0 Å². The Labute approximate surface area is 106 Å². The molecule has 1 amide bonds. The van der Waals surface area contributed by atoms with Crippen molar-refractivity contribution in [2.24, 2.45) is 5.84 Å². The van der Waals surface area contributed by atoms with E-state index < -0.39 is 0 Å². The van der Waals surface area contributed by atoms with E-state index in [1.54, 1.807) is 12.1 Å². The van der Waals surface area contributed by atoms with E-state index in [9.17, 15) is 4.79 Å². The highest BCUT2D eigenvalue weighted by Gasteiger charge is 2.21. The lowest BCUT2D eigenvalue weighted by molar-refractivity contribution is 0.0136. The summed E-state index contributed by atoms with van der Waals surface area (Å²) in [6.45, 7) is 2.71. The number of hydrogen-bond donors (Lipinski definition) is 3. The Hall–Kier alpha value is -1.66. The third-order valence-corrected chi connectivity index (χ3v) is 2.99. The molecule has 98 valence electrons. The fourth-order valence-electron chi connectivity index (χ4n) is 2.01. The fourth-order valence-corrected chi connectivity index (χ4v) is 2.01. The summed E-state index contributed by atoms with van der Waals surface area (Å²) in [5.74, 6) is 5.64. The Kier molecular flexibility index (Phi) is 4.11. The first kappa shape index (κ1) is 12.8. The van der Waals surface area contributed by atoms with Crippen LogP contribution in [0.2, 0.25) is 0 Å². The first-order valence-corrected chi connectivity index (χ1v) is 6.04. The number of carbonyl (C=O) groups is 1. The molecule has 2 heterocycles. The highest BCUT2D eigenvalue weighted by atomic mass is 16.5. The molecule has 1 aliphatic rings. The summed E-state index contributed by atoms with van der Waals surface area (Å²) in [5.41, 5.74) is 2.96. The molecule has 0 saturated carbocycles. The lowest BCUT2D eigenvalue weighted by Gasteiger charge is -2.27. The lowest BCUT2D eigenvalue weighted by atomic mass is 10.0. The lowest BCUT2D eigenvalue weighted by Crippen LogP contribution is -2.41. The largest absolute Gasteiger partial charge is 0.378 e. The molecule has 0 aliphatic carbocycles. The zero-order chi connectivity index (χ0) is 13.0. The van der Waals surface area contributed by atoms with E-state index in [0.29, 0.717) is 18.0 Å². The van der Waals surface area contributed by atoms with Gasteiger partial charge in [0.2, 0.25) is 0 Å². The van der Waals surface area contributed by atoms with Crippen LogP contribution in [0.25, 0.3) is 0 Å². The Bertz CT molecular complexity index is 407. The van der Waals surface area contributed by atoms with Gasteiger partial charge in [0.15, 0.2) is 0 Å². The molecule has 6 nitrogen and oxygen atoms in total. The van der Waals surface area contributed by atoms with Crippen molar-refractivity contribution in [3.8, 4) is 0 Å². The van der Waals surface area contributed by atoms with Crippen LogP contribution in [0.4, 0.5) is 5.82 Å². The summed E-state index contributed by atoms with van der Waals surface area (Å²) in [4.78, 5) is 16.0. The van der Waals surface area contributed by atoms with E-state index in [-0.39, 0.29) is 18.1 Å². The standard InChI is InChI=1S/C12H18N4O2/c1-8-6-10(4-5-18-8)15-12(17)9-2-3-11(16-13)14-7-9/h2-3,7-8,10H,4-6,13H2,1H3,(H,14,16)(H,15,17). The van der Waals surface area contributed by atoms with Gasteiger partial charge in [-0.15, -0.1) is 0 Å². The van der Waals surface area contributed by atoms with Crippen LogP contribution in [0.1, 0.15) is 30.1 Å². The first-order chi connectivity index (χ1) is 8.69. The number of nitrogens with two attached hydrogens (primary N) is 1. The van der Waals surface area contributed by atoms with Crippen molar-refractivity contribution in [1.82, 2.24) is 10.3 Å². The highest BCUT2D eigenvalue weighted by molar-refractivity contribution is 5.94. The molecule has 2 rings (SSSR count). The van der Waals surface area contributed by atoms with Crippen molar-refractivity contribution < 1.29 is 9.53 Å². The second-order valence-electron chi connectivity index (χ2n) is 4.45. The van der Waals surface area contributed by atoms with Gasteiger partial charge in [0.05, 0.1) is 11.7 Å². The molecule has 6 heteroatoms. The van der Waals surface area contributed by atoms with E-state index in [0.717, 1.165) is 12.8 Å². The number of aromatic nitrogens is 1. The second kappa shape index (κ2) is 5.79. The molecule has 0 aromatic carbocycles. The SMILES string of the molecule is CC1CC(NC(=O)c2ccc(NN)nc2)CCO1. The number of nitrogens with one attached hydrogen (secondary N) is 2. The Morgan fingerprint density at radius 1 is 1.56 bits per heavy atom. The zero-order valence-electron chi connectivity index (χ0n) is 10.3. The van der Waals surface area contributed by atoms with Gasteiger partial charge in [0.25, 0.3) is 5.91 Å². The van der Waals surface area contributed by atoms with Gasteiger partial charge in [-0.1, -0.05) is 0 Å². The molecule has 0 radical (unpaired) electrons. The van der Waals surface area contributed by atoms with Crippen molar-refractivity contribution in [2.45, 2.75) is 31.9 Å². The molecule has 2 atom stereocenters. The quantitative estimate of drug-likeness (QED) is 0.542. The van der Waals surface area contributed by atoms with E-state index >= 15 is 0 Å². The summed E-state index contributed by atoms with van der Waals surface area (Å²) in [6.07, 6.45) is 3.41. The molecule has 2 unspecified atom stereocenters. The van der Waals surface area contributed by atoms with Crippen LogP contribution in [-0.4, -0.2) is 29.6 Å². The number of amides is 1. The minimum absolute atomic E-state index is 0.106. The van der Waals surface area contributed by atoms with Gasteiger partial charge < -0.3 is 15.5 Å². The molecule has 0 spiro atoms. The van der Waals surface area contributed by atoms with Crippen LogP contribution in [0.15, 0.2) is 18.3 Å². The Balaban J connectivity index is 1.94. The average molecular weight is 250 g/mol. The molecule has 1 aromatic heterocycles. The summed E-state index contributed by atoms with van der Waals surface area (Å²) in [6, 6.07) is 3.54. The summed E-state index contributed by atoms with van der Waals surface area (Å²) < 4.78 is 5.44. The van der Waals surface area contributed by atoms with Crippen LogP contribution in [0.5, 0.6) is 0 Å². The maximum absolute atomic E-state index is 12.0. The number of hydrogen-bond acceptors (Lipinski definition) is 5. The molecule has 0 bridgehead atoms. The number of pyridine rings is 1. The zero-order valence-corrected chi connectivity index (χ0v) is 10.3. The number of anilines is 1. The number of nitrogen functional groups attached to an aromatic ring is 1. The van der Waals surface area contributed by atoms with E-state index in [1.807, 2.05) is 6.92 Å². The van der Waals surface area contributed by atoms with Crippen molar-refractivity contribution in [3.63, 3.8) is 0 Å². The van der Waals surface area contributed by atoms with Crippen molar-refractivity contribution in [3.05, 3.63) is 23.9 Å². The van der Waals surface area contributed by atoms with Gasteiger partial charge in [-0.05, 0) is 31.9 Å². The van der Waals surface area contributed by atoms with Crippen LogP contribution in [0, 0.1) is 0 Å². The summed E-state index contributed by atoms with van der Waals surface area (Å²) >= 11 is 0. The van der Waals surface area contributed by atoms with Gasteiger partial charge in [0, 0.05) is 18.8 Å². The van der Waals surface area contributed by atoms with E-state index in [1.165, 1.54) is 6.20 Å². The predicted molar refractivity (Wildman–Crippen MR) is 67.9 cm³/mol. The first-order valence-electron chi connectivity index (χ1n) is 6.04. The molecule has 1 fully saturated rings. The number of carbonyl (C=O) groups excluding carboxylic acids is 1. The number of ether oxygens (including phenoxy) is 1. The molecule has 1 aliphatic heterocycles. The van der Waals surface area contributed by atoms with Crippen molar-refractivity contribution in [1.29, 1.82) is 0 Å². The third-order valence-electron chi connectivity index (χ3n) is 2.99. The number of hydrazine groups is 1. The molecule has 18 heavy (non-hydrogen) atoms. The second-order valence-corrected chi connectivity index (χ2v) is 4.45. The minimum Gasteiger partial charge on any atom is -0.378 e. The van der Waals surface area contributed by atoms with E-state index in [2.05, 4.69) is 15.7 Å². The van der Waals surface area contributed by atoms with Gasteiger partial charge in [0.1, 0.15) is 5.82 Å². The summed E-state index contributed by atoms with van der Waals surface area (Å²) in [7, 11) is 0. The van der Waals surface area contributed by atoms with Gasteiger partial charge in [-0.25, -0.2) is 10.8 Å². The van der Waals surface area contributed by atoms with Crippen LogP contribution >= 0.6 is 0 Å². The molecule has 4 N–H and O–H groups in total. The summed E-state index contributed by atoms with van der Waals surface area (Å²) in [5, 5.41) is 2.99. The van der Waals surface area contributed by atoms with Gasteiger partial charge in [-0.2, -0.15) is 0 Å². The van der Waals surface area contributed by atoms with E-state index in [4.69, 9.17) is 10.6 Å². The normalized spacial score (nSPS) is 23.4. The van der Waals surface area contributed by atoms with Crippen LogP contribution in [0.3, 0.4) is 0 Å². The molecule has 1 aromatic rings. The molecular formula is C12H18N4O2. The highest BCUT2D eigenvalue weighted by Crippen LogP contribution is 2.14. The van der Waals surface area contributed by atoms with Crippen LogP contribution in [-0.2, 0) is 4.74 Å². The third kappa shape index (κ3) is 3.18. The average Bonchev–Trinajstić information content (AvgIpc) is 2.39. The molecule has 1 saturated heterocycles. The Morgan fingerprint density at radius 3 is 3.00 bits per heavy atom. The molecular weight excluding hydrogens is 232 g/mol. The predicted octanol–water partition coefficient (Wildman–Crippen LogP) is 0.664. The smallest absolute Gasteiger partial charge is 0.253 e. The van der Waals surface area contributed by atoms with Crippen LogP contribution < -0.4 is 16.6 Å². The topological polar surface area (TPSA) is 89.3 Å². The maximum atomic E-state index is 12.0. The van der Waals surface area contributed by atoms with Gasteiger partial charge in [-0.3, -0.25) is 4.79 Å². The Morgan fingerprint density at radius 2 is 2.39 bits per heavy atom. The van der Waals surface area contributed by atoms with Crippen molar-refractivity contribution >= 4 is 11.7 Å². The number of nitrogens with zero attached hydrogens (tertiary/aromatic N) is 1. The number of rotatable bonds is 3. The maximum Gasteiger partial charge on any atom is 0.253 e. The van der Waals surface area contributed by atoms with Gasteiger partial charge >= 0.3 is 0 Å². The monoisotopic (exact) mass is 250 g/mol.